The molecule has 1 amide bonds. The molecular formula is C26H27ClN4O2. The quantitative estimate of drug-likeness (QED) is 0.457. The van der Waals surface area contributed by atoms with Crippen LogP contribution in [0, 0.1) is 20.8 Å². The molecule has 2 aromatic heterocycles. The Morgan fingerprint density at radius 3 is 2.52 bits per heavy atom. The van der Waals surface area contributed by atoms with Gasteiger partial charge in [0.25, 0.3) is 5.56 Å². The van der Waals surface area contributed by atoms with Gasteiger partial charge in [-0.25, -0.2) is 4.68 Å². The summed E-state index contributed by atoms with van der Waals surface area (Å²) in [6.07, 6.45) is 0.596. The lowest BCUT2D eigenvalue weighted by Gasteiger charge is -2.13. The summed E-state index contributed by atoms with van der Waals surface area (Å²) in [5, 5.41) is 9.22. The fourth-order valence-electron chi connectivity index (χ4n) is 4.21. The van der Waals surface area contributed by atoms with Crippen molar-refractivity contribution in [1.29, 1.82) is 0 Å². The maximum absolute atomic E-state index is 13.3. The smallest absolute Gasteiger partial charge is 0.255 e. The molecule has 4 aromatic rings. The third kappa shape index (κ3) is 4.57. The number of fused-ring (bicyclic) bond motifs is 1. The Morgan fingerprint density at radius 1 is 1.09 bits per heavy atom. The lowest BCUT2D eigenvalue weighted by Crippen LogP contribution is -2.27. The van der Waals surface area contributed by atoms with E-state index in [4.69, 9.17) is 16.7 Å². The van der Waals surface area contributed by atoms with Crippen LogP contribution in [0.15, 0.2) is 53.3 Å². The standard InChI is InChI=1S/C26H27ClN4O2/c1-16-8-10-21(11-9-16)31-25-24(18(3)29-31)17(2)22(26(33)30(25)4)12-13-23(32)28-15-19-6-5-7-20(27)14-19/h5-11,14H,12-13,15H2,1-4H3,(H,28,32). The van der Waals surface area contributed by atoms with E-state index in [0.29, 0.717) is 23.6 Å². The van der Waals surface area contributed by atoms with E-state index < -0.39 is 0 Å². The van der Waals surface area contributed by atoms with Crippen LogP contribution in [0.4, 0.5) is 0 Å². The second kappa shape index (κ2) is 9.24. The monoisotopic (exact) mass is 462 g/mol. The number of rotatable bonds is 6. The van der Waals surface area contributed by atoms with E-state index in [1.165, 1.54) is 0 Å². The van der Waals surface area contributed by atoms with Crippen LogP contribution >= 0.6 is 11.6 Å². The number of hydrogen-bond acceptors (Lipinski definition) is 3. The van der Waals surface area contributed by atoms with Crippen LogP contribution < -0.4 is 10.9 Å². The van der Waals surface area contributed by atoms with E-state index in [1.807, 2.05) is 67.9 Å². The Bertz CT molecular complexity index is 1400. The number of carbonyl (C=O) groups excluding carboxylic acids is 1. The van der Waals surface area contributed by atoms with Gasteiger partial charge < -0.3 is 5.32 Å². The van der Waals surface area contributed by atoms with Gasteiger partial charge in [0.2, 0.25) is 5.91 Å². The molecular weight excluding hydrogens is 436 g/mol. The Hall–Kier alpha value is -3.38. The van der Waals surface area contributed by atoms with Crippen molar-refractivity contribution >= 4 is 28.5 Å². The molecule has 6 nitrogen and oxygen atoms in total. The van der Waals surface area contributed by atoms with Gasteiger partial charge in [0.15, 0.2) is 0 Å². The van der Waals surface area contributed by atoms with Gasteiger partial charge in [0.1, 0.15) is 5.65 Å². The third-order valence-corrected chi connectivity index (χ3v) is 6.24. The molecule has 4 rings (SSSR count). The molecule has 170 valence electrons. The molecule has 0 spiro atoms. The highest BCUT2D eigenvalue weighted by Crippen LogP contribution is 2.26. The van der Waals surface area contributed by atoms with Gasteiger partial charge in [0.05, 0.1) is 11.4 Å². The molecule has 1 N–H and O–H groups in total. The van der Waals surface area contributed by atoms with Crippen molar-refractivity contribution < 1.29 is 4.79 Å². The summed E-state index contributed by atoms with van der Waals surface area (Å²) in [5.41, 5.74) is 6.04. The van der Waals surface area contributed by atoms with E-state index in [1.54, 1.807) is 17.7 Å². The van der Waals surface area contributed by atoms with Gasteiger partial charge in [0, 0.05) is 36.0 Å². The molecule has 0 saturated heterocycles. The first-order chi connectivity index (χ1) is 15.8. The number of amides is 1. The van der Waals surface area contributed by atoms with Crippen molar-refractivity contribution in [2.75, 3.05) is 0 Å². The highest BCUT2D eigenvalue weighted by Gasteiger charge is 2.20. The summed E-state index contributed by atoms with van der Waals surface area (Å²) >= 11 is 6.00. The number of benzene rings is 2. The summed E-state index contributed by atoms with van der Waals surface area (Å²) in [5.74, 6) is -0.108. The summed E-state index contributed by atoms with van der Waals surface area (Å²) < 4.78 is 3.46. The number of hydrogen-bond donors (Lipinski definition) is 1. The second-order valence-electron chi connectivity index (χ2n) is 8.41. The molecule has 2 aromatic carbocycles. The molecule has 0 bridgehead atoms. The van der Waals surface area contributed by atoms with Crippen LogP contribution in [0.5, 0.6) is 0 Å². The van der Waals surface area contributed by atoms with Gasteiger partial charge >= 0.3 is 0 Å². The van der Waals surface area contributed by atoms with Crippen molar-refractivity contribution in [3.05, 3.63) is 91.9 Å². The summed E-state index contributed by atoms with van der Waals surface area (Å²) in [7, 11) is 1.76. The number of pyridine rings is 1. The molecule has 33 heavy (non-hydrogen) atoms. The van der Waals surface area contributed by atoms with Crippen molar-refractivity contribution in [3.63, 3.8) is 0 Å². The molecule has 0 saturated carbocycles. The van der Waals surface area contributed by atoms with E-state index in [9.17, 15) is 9.59 Å². The van der Waals surface area contributed by atoms with Crippen molar-refractivity contribution in [1.82, 2.24) is 19.7 Å². The Labute approximate surface area is 197 Å². The first kappa shape index (κ1) is 22.8. The van der Waals surface area contributed by atoms with Crippen LogP contribution in [0.2, 0.25) is 5.02 Å². The summed E-state index contributed by atoms with van der Waals surface area (Å²) in [6, 6.07) is 15.4. The topological polar surface area (TPSA) is 68.9 Å². The van der Waals surface area contributed by atoms with Crippen molar-refractivity contribution in [2.24, 2.45) is 7.05 Å². The van der Waals surface area contributed by atoms with E-state index in [2.05, 4.69) is 5.32 Å². The third-order valence-electron chi connectivity index (χ3n) is 6.00. The zero-order valence-electron chi connectivity index (χ0n) is 19.3. The molecule has 0 fully saturated rings. The zero-order valence-corrected chi connectivity index (χ0v) is 20.0. The van der Waals surface area contributed by atoms with Gasteiger partial charge in [-0.1, -0.05) is 41.4 Å². The van der Waals surface area contributed by atoms with Crippen molar-refractivity contribution in [2.45, 2.75) is 40.2 Å². The number of aryl methyl sites for hydroxylation is 4. The molecule has 0 aliphatic carbocycles. The predicted octanol–water partition coefficient (Wildman–Crippen LogP) is 4.55. The fourth-order valence-corrected chi connectivity index (χ4v) is 4.42. The van der Waals surface area contributed by atoms with Gasteiger partial charge in [-0.3, -0.25) is 14.2 Å². The largest absolute Gasteiger partial charge is 0.352 e. The molecule has 0 aliphatic heterocycles. The highest BCUT2D eigenvalue weighted by atomic mass is 35.5. The van der Waals surface area contributed by atoms with Crippen LogP contribution in [-0.2, 0) is 24.8 Å². The lowest BCUT2D eigenvalue weighted by molar-refractivity contribution is -0.121. The number of nitrogens with one attached hydrogen (secondary N) is 1. The molecule has 0 radical (unpaired) electrons. The molecule has 0 aliphatic rings. The van der Waals surface area contributed by atoms with Gasteiger partial charge in [-0.2, -0.15) is 5.10 Å². The van der Waals surface area contributed by atoms with Gasteiger partial charge in [-0.15, -0.1) is 0 Å². The lowest BCUT2D eigenvalue weighted by atomic mass is 10.0. The highest BCUT2D eigenvalue weighted by molar-refractivity contribution is 6.30. The van der Waals surface area contributed by atoms with Crippen LogP contribution in [0.3, 0.4) is 0 Å². The first-order valence-electron chi connectivity index (χ1n) is 10.9. The van der Waals surface area contributed by atoms with Crippen molar-refractivity contribution in [3.8, 4) is 5.69 Å². The molecule has 0 atom stereocenters. The SMILES string of the molecule is Cc1ccc(-n2nc(C)c3c(C)c(CCC(=O)NCc4cccc(Cl)c4)c(=O)n(C)c32)cc1. The predicted molar refractivity (Wildman–Crippen MR) is 132 cm³/mol. The molecule has 2 heterocycles. The second-order valence-corrected chi connectivity index (χ2v) is 8.84. The fraction of sp³-hybridized carbons (Fsp3) is 0.269. The normalized spacial score (nSPS) is 11.2. The minimum atomic E-state index is -0.108. The van der Waals surface area contributed by atoms with E-state index >= 15 is 0 Å². The summed E-state index contributed by atoms with van der Waals surface area (Å²) in [4.78, 5) is 25.7. The number of carbonyl (C=O) groups is 1. The Kier molecular flexibility index (Phi) is 6.38. The minimum absolute atomic E-state index is 0.101. The zero-order chi connectivity index (χ0) is 23.7. The molecule has 7 heteroatoms. The average molecular weight is 463 g/mol. The Morgan fingerprint density at radius 2 is 1.82 bits per heavy atom. The molecule has 0 unspecified atom stereocenters. The van der Waals surface area contributed by atoms with Crippen LogP contribution in [0.25, 0.3) is 16.7 Å². The van der Waals surface area contributed by atoms with E-state index in [-0.39, 0.29) is 17.9 Å². The number of halogens is 1. The van der Waals surface area contributed by atoms with Crippen LogP contribution in [0.1, 0.15) is 34.4 Å². The number of aromatic nitrogens is 3. The maximum atomic E-state index is 13.3. The number of nitrogens with zero attached hydrogens (tertiary/aromatic N) is 3. The first-order valence-corrected chi connectivity index (χ1v) is 11.3. The summed E-state index contributed by atoms with van der Waals surface area (Å²) in [6.45, 7) is 6.33. The van der Waals surface area contributed by atoms with Gasteiger partial charge in [-0.05, 0) is 62.6 Å². The van der Waals surface area contributed by atoms with Crippen LogP contribution in [-0.4, -0.2) is 20.3 Å². The maximum Gasteiger partial charge on any atom is 0.255 e. The minimum Gasteiger partial charge on any atom is -0.352 e. The Balaban J connectivity index is 1.60. The van der Waals surface area contributed by atoms with E-state index in [0.717, 1.165) is 39.1 Å². The average Bonchev–Trinajstić information content (AvgIpc) is 3.14.